The van der Waals surface area contributed by atoms with Gasteiger partial charge in [0.2, 0.25) is 5.95 Å². The monoisotopic (exact) mass is 263 g/mol. The average molecular weight is 263 g/mol. The zero-order valence-electron chi connectivity index (χ0n) is 11.8. The van der Waals surface area contributed by atoms with Crippen molar-refractivity contribution >= 4 is 22.8 Å². The van der Waals surface area contributed by atoms with E-state index in [4.69, 9.17) is 5.84 Å². The number of nitrogens with zero attached hydrogens (tertiary/aromatic N) is 3. The van der Waals surface area contributed by atoms with E-state index in [1.165, 1.54) is 0 Å². The maximum Gasteiger partial charge on any atom is 0.241 e. The number of hydrazine groups is 1. The molecule has 0 saturated heterocycles. The Morgan fingerprint density at radius 3 is 2.74 bits per heavy atom. The van der Waals surface area contributed by atoms with Gasteiger partial charge in [-0.25, -0.2) is 5.84 Å². The minimum absolute atomic E-state index is 0.164. The highest BCUT2D eigenvalue weighted by Crippen LogP contribution is 2.27. The van der Waals surface area contributed by atoms with E-state index in [9.17, 15) is 0 Å². The van der Waals surface area contributed by atoms with Crippen LogP contribution in [0.3, 0.4) is 0 Å². The molecule has 104 valence electrons. The fourth-order valence-corrected chi connectivity index (χ4v) is 1.55. The lowest BCUT2D eigenvalue weighted by Gasteiger charge is -2.29. The van der Waals surface area contributed by atoms with Crippen LogP contribution in [-0.4, -0.2) is 26.7 Å². The number of nitrogens with one attached hydrogen (secondary N) is 3. The second-order valence-electron chi connectivity index (χ2n) is 5.67. The van der Waals surface area contributed by atoms with Crippen LogP contribution >= 0.6 is 0 Å². The van der Waals surface area contributed by atoms with Crippen molar-refractivity contribution < 1.29 is 0 Å². The number of aromatic amines is 1. The molecule has 2 aromatic heterocycles. The summed E-state index contributed by atoms with van der Waals surface area (Å²) in [5, 5.41) is 11.0. The Bertz CT molecular complexity index is 558. The minimum Gasteiger partial charge on any atom is -0.369 e. The molecule has 5 N–H and O–H groups in total. The maximum atomic E-state index is 5.37. The van der Waals surface area contributed by atoms with Gasteiger partial charge in [0.05, 0.1) is 11.6 Å². The molecule has 7 nitrogen and oxygen atoms in total. The van der Waals surface area contributed by atoms with Gasteiger partial charge in [0, 0.05) is 6.54 Å². The van der Waals surface area contributed by atoms with E-state index < -0.39 is 0 Å². The Morgan fingerprint density at radius 2 is 2.11 bits per heavy atom. The molecular weight excluding hydrogens is 242 g/mol. The lowest BCUT2D eigenvalue weighted by atomic mass is 9.81. The quantitative estimate of drug-likeness (QED) is 0.484. The fourth-order valence-electron chi connectivity index (χ4n) is 1.55. The molecule has 0 spiro atoms. The van der Waals surface area contributed by atoms with Crippen LogP contribution in [0.5, 0.6) is 0 Å². The van der Waals surface area contributed by atoms with Crippen LogP contribution in [0.15, 0.2) is 6.20 Å². The molecule has 0 aliphatic heterocycles. The lowest BCUT2D eigenvalue weighted by molar-refractivity contribution is 0.269. The van der Waals surface area contributed by atoms with Crippen molar-refractivity contribution in [3.8, 4) is 0 Å². The summed E-state index contributed by atoms with van der Waals surface area (Å²) in [6, 6.07) is 0. The smallest absolute Gasteiger partial charge is 0.241 e. The average Bonchev–Trinajstić information content (AvgIpc) is 2.83. The standard InChI is InChI=1S/C12H21N7/c1-7(2)12(3,4)6-14-9-8-5-15-19-10(8)17-11(16-9)18-13/h5,7H,6,13H2,1-4H3,(H3,14,15,16,17,18,19). The van der Waals surface area contributed by atoms with Gasteiger partial charge >= 0.3 is 0 Å². The van der Waals surface area contributed by atoms with Gasteiger partial charge in [-0.2, -0.15) is 15.1 Å². The molecule has 2 heterocycles. The topological polar surface area (TPSA) is 105 Å². The number of hydrogen-bond donors (Lipinski definition) is 4. The summed E-state index contributed by atoms with van der Waals surface area (Å²) in [4.78, 5) is 8.52. The summed E-state index contributed by atoms with van der Waals surface area (Å²) in [6.45, 7) is 9.68. The van der Waals surface area contributed by atoms with Gasteiger partial charge in [-0.1, -0.05) is 27.7 Å². The Balaban J connectivity index is 2.27. The third-order valence-electron chi connectivity index (χ3n) is 3.71. The SMILES string of the molecule is CC(C)C(C)(C)CNc1nc(NN)nc2[nH]ncc12. The zero-order chi connectivity index (χ0) is 14.0. The van der Waals surface area contributed by atoms with Gasteiger partial charge in [-0.15, -0.1) is 0 Å². The van der Waals surface area contributed by atoms with Crippen LogP contribution in [0.4, 0.5) is 11.8 Å². The first-order valence-corrected chi connectivity index (χ1v) is 6.35. The van der Waals surface area contributed by atoms with Crippen molar-refractivity contribution in [3.63, 3.8) is 0 Å². The minimum atomic E-state index is 0.164. The predicted octanol–water partition coefficient (Wildman–Crippen LogP) is 1.73. The Kier molecular flexibility index (Phi) is 3.57. The van der Waals surface area contributed by atoms with E-state index in [-0.39, 0.29) is 5.41 Å². The number of hydrogen-bond acceptors (Lipinski definition) is 6. The first kappa shape index (κ1) is 13.5. The molecule has 0 aliphatic carbocycles. The van der Waals surface area contributed by atoms with Gasteiger partial charge in [-0.3, -0.25) is 10.5 Å². The molecule has 0 atom stereocenters. The van der Waals surface area contributed by atoms with Crippen molar-refractivity contribution in [1.82, 2.24) is 20.2 Å². The Morgan fingerprint density at radius 1 is 1.37 bits per heavy atom. The first-order chi connectivity index (χ1) is 8.94. The number of fused-ring (bicyclic) bond motifs is 1. The Hall–Kier alpha value is -1.89. The van der Waals surface area contributed by atoms with E-state index in [2.05, 4.69) is 58.6 Å². The summed E-state index contributed by atoms with van der Waals surface area (Å²) < 4.78 is 0. The first-order valence-electron chi connectivity index (χ1n) is 6.35. The molecule has 0 unspecified atom stereocenters. The number of H-pyrrole nitrogens is 1. The molecule has 0 aromatic carbocycles. The van der Waals surface area contributed by atoms with Gasteiger partial charge in [0.1, 0.15) is 5.82 Å². The Labute approximate surface area is 112 Å². The third kappa shape index (κ3) is 2.76. The van der Waals surface area contributed by atoms with Crippen LogP contribution in [0.2, 0.25) is 0 Å². The molecule has 0 bridgehead atoms. The normalized spacial score (nSPS) is 12.1. The summed E-state index contributed by atoms with van der Waals surface area (Å²) in [5.74, 6) is 7.03. The fraction of sp³-hybridized carbons (Fsp3) is 0.583. The zero-order valence-corrected chi connectivity index (χ0v) is 11.8. The van der Waals surface area contributed by atoms with Crippen LogP contribution in [0.1, 0.15) is 27.7 Å². The van der Waals surface area contributed by atoms with Gasteiger partial charge in [-0.05, 0) is 11.3 Å². The lowest BCUT2D eigenvalue weighted by Crippen LogP contribution is -2.29. The van der Waals surface area contributed by atoms with Crippen molar-refractivity contribution in [1.29, 1.82) is 0 Å². The number of nitrogen functional groups attached to an aromatic ring is 1. The summed E-state index contributed by atoms with van der Waals surface area (Å²) in [6.07, 6.45) is 1.71. The van der Waals surface area contributed by atoms with Crippen LogP contribution in [0, 0.1) is 11.3 Å². The maximum absolute atomic E-state index is 5.37. The summed E-state index contributed by atoms with van der Waals surface area (Å²) >= 11 is 0. The van der Waals surface area contributed by atoms with E-state index >= 15 is 0 Å². The largest absolute Gasteiger partial charge is 0.369 e. The molecule has 0 radical (unpaired) electrons. The molecule has 0 saturated carbocycles. The highest BCUT2D eigenvalue weighted by atomic mass is 15.3. The molecular formula is C12H21N7. The number of anilines is 2. The van der Waals surface area contributed by atoms with Gasteiger partial charge in [0.15, 0.2) is 5.65 Å². The van der Waals surface area contributed by atoms with Crippen molar-refractivity contribution in [2.75, 3.05) is 17.3 Å². The van der Waals surface area contributed by atoms with E-state index in [0.717, 1.165) is 17.7 Å². The molecule has 7 heteroatoms. The highest BCUT2D eigenvalue weighted by molar-refractivity contribution is 5.86. The second-order valence-corrected chi connectivity index (χ2v) is 5.67. The highest BCUT2D eigenvalue weighted by Gasteiger charge is 2.22. The third-order valence-corrected chi connectivity index (χ3v) is 3.71. The second kappa shape index (κ2) is 5.00. The predicted molar refractivity (Wildman–Crippen MR) is 76.6 cm³/mol. The molecule has 0 aliphatic rings. The summed E-state index contributed by atoms with van der Waals surface area (Å²) in [7, 11) is 0. The van der Waals surface area contributed by atoms with Crippen LogP contribution < -0.4 is 16.6 Å². The van der Waals surface area contributed by atoms with Crippen molar-refractivity contribution in [3.05, 3.63) is 6.20 Å². The summed E-state index contributed by atoms with van der Waals surface area (Å²) in [5.41, 5.74) is 3.28. The number of nitrogens with two attached hydrogens (primary N) is 1. The van der Waals surface area contributed by atoms with Gasteiger partial charge in [0.25, 0.3) is 0 Å². The van der Waals surface area contributed by atoms with Crippen molar-refractivity contribution in [2.24, 2.45) is 17.2 Å². The number of aromatic nitrogens is 4. The van der Waals surface area contributed by atoms with E-state index in [0.29, 0.717) is 17.5 Å². The molecule has 0 amide bonds. The molecule has 2 rings (SSSR count). The van der Waals surface area contributed by atoms with Gasteiger partial charge < -0.3 is 5.32 Å². The molecule has 2 aromatic rings. The molecule has 19 heavy (non-hydrogen) atoms. The van der Waals surface area contributed by atoms with E-state index in [1.54, 1.807) is 6.20 Å². The van der Waals surface area contributed by atoms with E-state index in [1.807, 2.05) is 0 Å². The van der Waals surface area contributed by atoms with Crippen LogP contribution in [0.25, 0.3) is 11.0 Å². The van der Waals surface area contributed by atoms with Crippen molar-refractivity contribution in [2.45, 2.75) is 27.7 Å². The molecule has 0 fully saturated rings. The van der Waals surface area contributed by atoms with Crippen LogP contribution in [-0.2, 0) is 0 Å². The number of rotatable bonds is 5.